The van der Waals surface area contributed by atoms with E-state index in [0.717, 1.165) is 22.9 Å². The van der Waals surface area contributed by atoms with Gasteiger partial charge in [-0.1, -0.05) is 19.8 Å². The smallest absolute Gasteiger partial charge is 0.320 e. The Morgan fingerprint density at radius 2 is 2.19 bits per heavy atom. The predicted octanol–water partition coefficient (Wildman–Crippen LogP) is 2.95. The molecular formula is C15H20BrNO4. The van der Waals surface area contributed by atoms with Gasteiger partial charge in [0.05, 0.1) is 4.47 Å². The van der Waals surface area contributed by atoms with Crippen LogP contribution >= 0.6 is 15.9 Å². The second-order valence-corrected chi connectivity index (χ2v) is 5.87. The van der Waals surface area contributed by atoms with Gasteiger partial charge in [0.15, 0.2) is 11.5 Å². The number of benzene rings is 1. The number of hydrogen-bond donors (Lipinski definition) is 2. The van der Waals surface area contributed by atoms with E-state index in [9.17, 15) is 9.90 Å². The number of ether oxygens (including phenoxy) is 2. The first-order chi connectivity index (χ1) is 10.1. The molecule has 0 amide bonds. The topological polar surface area (TPSA) is 67.8 Å². The molecule has 1 heterocycles. The molecule has 0 spiro atoms. The molecule has 0 fully saturated rings. The van der Waals surface area contributed by atoms with Crippen molar-refractivity contribution < 1.29 is 19.4 Å². The maximum atomic E-state index is 11.2. The van der Waals surface area contributed by atoms with Crippen molar-refractivity contribution in [3.8, 4) is 11.5 Å². The molecule has 1 aromatic carbocycles. The highest BCUT2D eigenvalue weighted by molar-refractivity contribution is 9.10. The minimum Gasteiger partial charge on any atom is -0.486 e. The zero-order chi connectivity index (χ0) is 15.2. The number of halogens is 1. The van der Waals surface area contributed by atoms with Crippen LogP contribution in [0.2, 0.25) is 0 Å². The highest BCUT2D eigenvalue weighted by Crippen LogP contribution is 2.38. The van der Waals surface area contributed by atoms with Gasteiger partial charge < -0.3 is 19.9 Å². The van der Waals surface area contributed by atoms with Crippen LogP contribution in [0.4, 0.5) is 0 Å². The molecule has 0 aromatic heterocycles. The molecule has 0 saturated carbocycles. The van der Waals surface area contributed by atoms with E-state index >= 15 is 0 Å². The summed E-state index contributed by atoms with van der Waals surface area (Å²) in [5.74, 6) is 0.610. The Balaban J connectivity index is 2.02. The van der Waals surface area contributed by atoms with E-state index < -0.39 is 12.0 Å². The first-order valence-corrected chi connectivity index (χ1v) is 7.95. The fourth-order valence-corrected chi connectivity index (χ4v) is 2.83. The lowest BCUT2D eigenvalue weighted by Crippen LogP contribution is -2.36. The quantitative estimate of drug-likeness (QED) is 0.785. The number of carboxylic acid groups (broad SMARTS) is 1. The summed E-state index contributed by atoms with van der Waals surface area (Å²) in [5.41, 5.74) is 0.967. The van der Waals surface area contributed by atoms with Gasteiger partial charge in [-0.15, -0.1) is 0 Å². The zero-order valence-corrected chi connectivity index (χ0v) is 13.6. The first-order valence-electron chi connectivity index (χ1n) is 7.16. The van der Waals surface area contributed by atoms with Crippen LogP contribution in [0.15, 0.2) is 16.6 Å². The summed E-state index contributed by atoms with van der Waals surface area (Å²) in [5, 5.41) is 12.3. The Bertz CT molecular complexity index is 507. The van der Waals surface area contributed by atoms with Gasteiger partial charge in [-0.2, -0.15) is 0 Å². The second-order valence-electron chi connectivity index (χ2n) is 5.02. The van der Waals surface area contributed by atoms with Gasteiger partial charge in [-0.25, -0.2) is 0 Å². The largest absolute Gasteiger partial charge is 0.486 e. The molecule has 5 nitrogen and oxygen atoms in total. The number of unbranched alkanes of at least 4 members (excludes halogenated alkanes) is 1. The van der Waals surface area contributed by atoms with Gasteiger partial charge in [0.2, 0.25) is 0 Å². The molecule has 1 aliphatic rings. The van der Waals surface area contributed by atoms with E-state index in [1.807, 2.05) is 12.1 Å². The highest BCUT2D eigenvalue weighted by Gasteiger charge is 2.19. The molecule has 1 atom stereocenters. The number of carboxylic acids is 1. The summed E-state index contributed by atoms with van der Waals surface area (Å²) in [4.78, 5) is 11.2. The van der Waals surface area contributed by atoms with Crippen molar-refractivity contribution in [2.75, 3.05) is 13.2 Å². The van der Waals surface area contributed by atoms with Crippen LogP contribution in [0, 0.1) is 0 Å². The molecule has 2 N–H and O–H groups in total. The predicted molar refractivity (Wildman–Crippen MR) is 82.9 cm³/mol. The number of nitrogens with one attached hydrogen (secondary N) is 1. The lowest BCUT2D eigenvalue weighted by molar-refractivity contribution is -0.139. The molecule has 2 rings (SSSR count). The second kappa shape index (κ2) is 7.66. The number of rotatable bonds is 7. The Kier molecular flexibility index (Phi) is 5.87. The van der Waals surface area contributed by atoms with Crippen molar-refractivity contribution in [3.63, 3.8) is 0 Å². The van der Waals surface area contributed by atoms with Crippen LogP contribution in [0.3, 0.4) is 0 Å². The van der Waals surface area contributed by atoms with Crippen LogP contribution in [-0.4, -0.2) is 30.3 Å². The van der Waals surface area contributed by atoms with Gasteiger partial charge in [0.1, 0.15) is 19.3 Å². The Morgan fingerprint density at radius 1 is 1.43 bits per heavy atom. The van der Waals surface area contributed by atoms with E-state index in [2.05, 4.69) is 28.2 Å². The molecule has 1 aliphatic heterocycles. The third-order valence-electron chi connectivity index (χ3n) is 3.35. The van der Waals surface area contributed by atoms with Crippen molar-refractivity contribution in [2.45, 2.75) is 38.8 Å². The number of carbonyl (C=O) groups is 1. The Labute approximate surface area is 132 Å². The minimum absolute atomic E-state index is 0.482. The third kappa shape index (κ3) is 4.35. The molecule has 0 radical (unpaired) electrons. The number of fused-ring (bicyclic) bond motifs is 1. The maximum Gasteiger partial charge on any atom is 0.320 e. The van der Waals surface area contributed by atoms with Crippen molar-refractivity contribution in [1.82, 2.24) is 5.32 Å². The lowest BCUT2D eigenvalue weighted by Gasteiger charge is -2.21. The number of hydrogen-bond acceptors (Lipinski definition) is 4. The summed E-state index contributed by atoms with van der Waals surface area (Å²) in [6.45, 7) is 3.61. The lowest BCUT2D eigenvalue weighted by atomic mass is 10.1. The molecule has 0 aliphatic carbocycles. The maximum absolute atomic E-state index is 11.2. The molecule has 21 heavy (non-hydrogen) atoms. The third-order valence-corrected chi connectivity index (χ3v) is 3.94. The van der Waals surface area contributed by atoms with E-state index in [1.165, 1.54) is 0 Å². The van der Waals surface area contributed by atoms with E-state index in [0.29, 0.717) is 37.7 Å². The van der Waals surface area contributed by atoms with Crippen LogP contribution < -0.4 is 14.8 Å². The fourth-order valence-electron chi connectivity index (χ4n) is 2.23. The van der Waals surface area contributed by atoms with Crippen LogP contribution in [0.5, 0.6) is 11.5 Å². The van der Waals surface area contributed by atoms with Gasteiger partial charge in [0.25, 0.3) is 0 Å². The zero-order valence-electron chi connectivity index (χ0n) is 12.0. The summed E-state index contributed by atoms with van der Waals surface area (Å²) >= 11 is 3.46. The molecule has 0 saturated heterocycles. The highest BCUT2D eigenvalue weighted by atomic mass is 79.9. The van der Waals surface area contributed by atoms with Crippen LogP contribution in [0.1, 0.15) is 31.7 Å². The van der Waals surface area contributed by atoms with Crippen LogP contribution in [-0.2, 0) is 11.3 Å². The van der Waals surface area contributed by atoms with Crippen molar-refractivity contribution in [2.24, 2.45) is 0 Å². The molecular weight excluding hydrogens is 338 g/mol. The number of aliphatic carboxylic acids is 1. The summed E-state index contributed by atoms with van der Waals surface area (Å²) in [6.07, 6.45) is 2.52. The molecule has 1 aromatic rings. The van der Waals surface area contributed by atoms with E-state index in [-0.39, 0.29) is 0 Å². The minimum atomic E-state index is -0.806. The molecule has 116 valence electrons. The normalized spacial score (nSPS) is 14.8. The molecule has 0 bridgehead atoms. The molecule has 6 heteroatoms. The average molecular weight is 358 g/mol. The van der Waals surface area contributed by atoms with Crippen LogP contribution in [0.25, 0.3) is 0 Å². The van der Waals surface area contributed by atoms with Gasteiger partial charge in [-0.05, 0) is 40.0 Å². The average Bonchev–Trinajstić information content (AvgIpc) is 2.47. The van der Waals surface area contributed by atoms with Gasteiger partial charge >= 0.3 is 5.97 Å². The first kappa shape index (κ1) is 16.1. The van der Waals surface area contributed by atoms with E-state index in [4.69, 9.17) is 9.47 Å². The Morgan fingerprint density at radius 3 is 2.90 bits per heavy atom. The van der Waals surface area contributed by atoms with Gasteiger partial charge in [0, 0.05) is 6.54 Å². The summed E-state index contributed by atoms with van der Waals surface area (Å²) in [6, 6.07) is 3.31. The van der Waals surface area contributed by atoms with Crippen molar-refractivity contribution >= 4 is 21.9 Å². The van der Waals surface area contributed by atoms with E-state index in [1.54, 1.807) is 0 Å². The fraction of sp³-hybridized carbons (Fsp3) is 0.533. The standard InChI is InChI=1S/C15H20BrNO4/c1-2-3-4-12(15(18)19)17-9-10-7-11(16)14-13(8-10)20-5-6-21-14/h7-8,12,17H,2-6,9H2,1H3,(H,18,19). The molecule has 1 unspecified atom stereocenters. The summed E-state index contributed by atoms with van der Waals surface area (Å²) in [7, 11) is 0. The summed E-state index contributed by atoms with van der Waals surface area (Å²) < 4.78 is 11.9. The monoisotopic (exact) mass is 357 g/mol. The van der Waals surface area contributed by atoms with Crippen molar-refractivity contribution in [3.05, 3.63) is 22.2 Å². The van der Waals surface area contributed by atoms with Crippen molar-refractivity contribution in [1.29, 1.82) is 0 Å². The Hall–Kier alpha value is -1.27. The van der Waals surface area contributed by atoms with Gasteiger partial charge in [-0.3, -0.25) is 4.79 Å². The SMILES string of the molecule is CCCCC(NCc1cc(Br)c2c(c1)OCCO2)C(=O)O.